The first-order chi connectivity index (χ1) is 7.90. The lowest BCUT2D eigenvalue weighted by Crippen LogP contribution is -2.52. The molecular weight excluding hydrogens is 216 g/mol. The molecule has 2 aliphatic heterocycles. The lowest BCUT2D eigenvalue weighted by atomic mass is 9.98. The van der Waals surface area contributed by atoms with E-state index in [2.05, 4.69) is 5.32 Å². The van der Waals surface area contributed by atoms with Crippen LogP contribution in [-0.4, -0.2) is 41.8 Å². The van der Waals surface area contributed by atoms with E-state index in [1.807, 2.05) is 32.7 Å². The van der Waals surface area contributed by atoms with Crippen LogP contribution < -0.4 is 5.32 Å². The summed E-state index contributed by atoms with van der Waals surface area (Å²) < 4.78 is 5.49. The van der Waals surface area contributed by atoms with Gasteiger partial charge >= 0.3 is 6.09 Å². The van der Waals surface area contributed by atoms with E-state index in [0.29, 0.717) is 18.1 Å². The zero-order valence-electron chi connectivity index (χ0n) is 11.3. The van der Waals surface area contributed by atoms with Gasteiger partial charge in [-0.15, -0.1) is 0 Å². The molecule has 2 aliphatic rings. The molecule has 1 amide bonds. The van der Waals surface area contributed by atoms with Crippen molar-refractivity contribution in [2.75, 3.05) is 7.05 Å². The third kappa shape index (κ3) is 2.73. The number of amides is 1. The number of fused-ring (bicyclic) bond motifs is 2. The molecule has 0 saturated carbocycles. The van der Waals surface area contributed by atoms with Crippen molar-refractivity contribution in [1.29, 1.82) is 0 Å². The zero-order valence-corrected chi connectivity index (χ0v) is 11.3. The van der Waals surface area contributed by atoms with Gasteiger partial charge in [0, 0.05) is 18.1 Å². The molecule has 0 aromatic rings. The Morgan fingerprint density at radius 1 is 1.24 bits per heavy atom. The first kappa shape index (κ1) is 12.7. The highest BCUT2D eigenvalue weighted by Gasteiger charge is 2.44. The smallest absolute Gasteiger partial charge is 0.410 e. The van der Waals surface area contributed by atoms with Gasteiger partial charge in [-0.05, 0) is 53.5 Å². The highest BCUT2D eigenvalue weighted by atomic mass is 16.6. The van der Waals surface area contributed by atoms with E-state index in [-0.39, 0.29) is 6.09 Å². The molecule has 2 bridgehead atoms. The number of nitrogens with one attached hydrogen (secondary N) is 1. The standard InChI is InChI=1S/C13H24N2O2/c1-13(2,3)17-12(16)15-10-5-6-11(15)8-9(7-10)14-4/h9-11,14H,5-8H2,1-4H3/t9-,10-,11+. The van der Waals surface area contributed by atoms with Crippen molar-refractivity contribution in [2.24, 2.45) is 0 Å². The maximum atomic E-state index is 12.2. The summed E-state index contributed by atoms with van der Waals surface area (Å²) >= 11 is 0. The Morgan fingerprint density at radius 2 is 1.76 bits per heavy atom. The third-order valence-electron chi connectivity index (χ3n) is 3.75. The van der Waals surface area contributed by atoms with Crippen molar-refractivity contribution in [3.8, 4) is 0 Å². The summed E-state index contributed by atoms with van der Waals surface area (Å²) in [5.74, 6) is 0. The lowest BCUT2D eigenvalue weighted by Gasteiger charge is -2.39. The fourth-order valence-corrected chi connectivity index (χ4v) is 3.03. The van der Waals surface area contributed by atoms with E-state index in [9.17, 15) is 4.79 Å². The molecule has 98 valence electrons. The SMILES string of the molecule is CN[C@@H]1C[C@H]2CC[C@@H](C1)N2C(=O)OC(C)(C)C. The fourth-order valence-electron chi connectivity index (χ4n) is 3.03. The van der Waals surface area contributed by atoms with E-state index in [4.69, 9.17) is 4.74 Å². The summed E-state index contributed by atoms with van der Waals surface area (Å²) in [4.78, 5) is 14.1. The summed E-state index contributed by atoms with van der Waals surface area (Å²) in [7, 11) is 2.01. The molecule has 0 spiro atoms. The van der Waals surface area contributed by atoms with Crippen molar-refractivity contribution in [3.05, 3.63) is 0 Å². The van der Waals surface area contributed by atoms with Gasteiger partial charge in [0.25, 0.3) is 0 Å². The molecule has 2 fully saturated rings. The predicted octanol–water partition coefficient (Wildman–Crippen LogP) is 2.14. The number of nitrogens with zero attached hydrogens (tertiary/aromatic N) is 1. The van der Waals surface area contributed by atoms with Gasteiger partial charge in [0.05, 0.1) is 0 Å². The van der Waals surface area contributed by atoms with Crippen molar-refractivity contribution in [1.82, 2.24) is 10.2 Å². The highest BCUT2D eigenvalue weighted by Crippen LogP contribution is 2.36. The summed E-state index contributed by atoms with van der Waals surface area (Å²) in [6.45, 7) is 5.77. The van der Waals surface area contributed by atoms with Crippen LogP contribution in [-0.2, 0) is 4.74 Å². The van der Waals surface area contributed by atoms with E-state index in [1.54, 1.807) is 0 Å². The van der Waals surface area contributed by atoms with Gasteiger partial charge < -0.3 is 15.0 Å². The fraction of sp³-hybridized carbons (Fsp3) is 0.923. The summed E-state index contributed by atoms with van der Waals surface area (Å²) in [6, 6.07) is 1.31. The van der Waals surface area contributed by atoms with E-state index in [0.717, 1.165) is 25.7 Å². The van der Waals surface area contributed by atoms with Gasteiger partial charge in [-0.3, -0.25) is 0 Å². The number of rotatable bonds is 1. The average Bonchev–Trinajstić information content (AvgIpc) is 2.47. The second-order valence-electron chi connectivity index (χ2n) is 6.23. The quantitative estimate of drug-likeness (QED) is 0.763. The van der Waals surface area contributed by atoms with Crippen LogP contribution in [0.1, 0.15) is 46.5 Å². The number of carbonyl (C=O) groups excluding carboxylic acids is 1. The maximum Gasteiger partial charge on any atom is 0.410 e. The van der Waals surface area contributed by atoms with Crippen LogP contribution in [0.3, 0.4) is 0 Å². The number of hydrogen-bond donors (Lipinski definition) is 1. The molecule has 0 unspecified atom stereocenters. The Kier molecular flexibility index (Phi) is 3.34. The topological polar surface area (TPSA) is 41.6 Å². The molecule has 0 radical (unpaired) electrons. The first-order valence-electron chi connectivity index (χ1n) is 6.59. The van der Waals surface area contributed by atoms with Crippen molar-refractivity contribution in [2.45, 2.75) is 70.2 Å². The van der Waals surface area contributed by atoms with Crippen LogP contribution in [0.25, 0.3) is 0 Å². The van der Waals surface area contributed by atoms with Gasteiger partial charge in [0.2, 0.25) is 0 Å². The predicted molar refractivity (Wildman–Crippen MR) is 67.0 cm³/mol. The molecule has 1 N–H and O–H groups in total. The molecule has 4 nitrogen and oxygen atoms in total. The summed E-state index contributed by atoms with van der Waals surface area (Å²) in [5, 5.41) is 3.33. The van der Waals surface area contributed by atoms with Crippen LogP contribution in [0.15, 0.2) is 0 Å². The first-order valence-corrected chi connectivity index (χ1v) is 6.59. The third-order valence-corrected chi connectivity index (χ3v) is 3.75. The molecule has 17 heavy (non-hydrogen) atoms. The Morgan fingerprint density at radius 3 is 2.18 bits per heavy atom. The minimum atomic E-state index is -0.392. The maximum absolute atomic E-state index is 12.2. The largest absolute Gasteiger partial charge is 0.444 e. The van der Waals surface area contributed by atoms with E-state index < -0.39 is 5.60 Å². The Labute approximate surface area is 104 Å². The van der Waals surface area contributed by atoms with Gasteiger partial charge in [-0.2, -0.15) is 0 Å². The Balaban J connectivity index is 2.01. The summed E-state index contributed by atoms with van der Waals surface area (Å²) in [6.07, 6.45) is 4.25. The number of hydrogen-bond acceptors (Lipinski definition) is 3. The lowest BCUT2D eigenvalue weighted by molar-refractivity contribution is 0.00503. The Bertz CT molecular complexity index is 284. The van der Waals surface area contributed by atoms with Gasteiger partial charge in [-0.25, -0.2) is 4.79 Å². The van der Waals surface area contributed by atoms with Crippen LogP contribution in [0.5, 0.6) is 0 Å². The molecule has 2 saturated heterocycles. The molecule has 0 aromatic carbocycles. The van der Waals surface area contributed by atoms with Gasteiger partial charge in [-0.1, -0.05) is 0 Å². The van der Waals surface area contributed by atoms with Crippen molar-refractivity contribution < 1.29 is 9.53 Å². The number of ether oxygens (including phenoxy) is 1. The van der Waals surface area contributed by atoms with Crippen molar-refractivity contribution >= 4 is 6.09 Å². The average molecular weight is 240 g/mol. The van der Waals surface area contributed by atoms with E-state index >= 15 is 0 Å². The van der Waals surface area contributed by atoms with Gasteiger partial charge in [0.15, 0.2) is 0 Å². The monoisotopic (exact) mass is 240 g/mol. The van der Waals surface area contributed by atoms with E-state index in [1.165, 1.54) is 0 Å². The normalized spacial score (nSPS) is 32.7. The second-order valence-corrected chi connectivity index (χ2v) is 6.23. The molecule has 4 heteroatoms. The van der Waals surface area contributed by atoms with Gasteiger partial charge in [0.1, 0.15) is 5.60 Å². The minimum Gasteiger partial charge on any atom is -0.444 e. The molecule has 2 rings (SSSR count). The number of piperidine rings is 1. The van der Waals surface area contributed by atoms with Crippen molar-refractivity contribution in [3.63, 3.8) is 0 Å². The van der Waals surface area contributed by atoms with Crippen LogP contribution in [0, 0.1) is 0 Å². The summed E-state index contributed by atoms with van der Waals surface area (Å²) in [5.41, 5.74) is -0.392. The number of carbonyl (C=O) groups is 1. The highest BCUT2D eigenvalue weighted by molar-refractivity contribution is 5.69. The molecule has 3 atom stereocenters. The molecule has 0 aliphatic carbocycles. The van der Waals surface area contributed by atoms with Crippen LogP contribution in [0.2, 0.25) is 0 Å². The van der Waals surface area contributed by atoms with Crippen LogP contribution >= 0.6 is 0 Å². The van der Waals surface area contributed by atoms with Crippen LogP contribution in [0.4, 0.5) is 4.79 Å². The Hall–Kier alpha value is -0.770. The minimum absolute atomic E-state index is 0.125. The zero-order chi connectivity index (χ0) is 12.6. The molecule has 2 heterocycles. The second kappa shape index (κ2) is 4.48. The molecular formula is C13H24N2O2. The molecule has 0 aromatic heterocycles.